The molecule has 2 heterocycles. The number of rotatable bonds is 3. The van der Waals surface area contributed by atoms with Crippen molar-refractivity contribution in [2.75, 3.05) is 25.5 Å². The summed E-state index contributed by atoms with van der Waals surface area (Å²) in [7, 11) is -2.08. The molecule has 2 rings (SSSR count). The summed E-state index contributed by atoms with van der Waals surface area (Å²) in [6.07, 6.45) is 1.43. The van der Waals surface area contributed by atoms with E-state index in [1.54, 1.807) is 20.9 Å². The average Bonchev–Trinajstić information content (AvgIpc) is 2.41. The third-order valence-corrected chi connectivity index (χ3v) is 5.42. The van der Waals surface area contributed by atoms with Crippen molar-refractivity contribution < 1.29 is 13.2 Å². The van der Waals surface area contributed by atoms with Crippen LogP contribution < -0.4 is 10.6 Å². The summed E-state index contributed by atoms with van der Waals surface area (Å²) in [4.78, 5) is 16.0. The summed E-state index contributed by atoms with van der Waals surface area (Å²) in [6, 6.07) is 2.89. The number of hydrogen-bond donors (Lipinski definition) is 2. The molecule has 0 spiro atoms. The first-order valence-corrected chi connectivity index (χ1v) is 7.69. The van der Waals surface area contributed by atoms with E-state index >= 15 is 0 Å². The molecule has 1 saturated heterocycles. The predicted octanol–water partition coefficient (Wildman–Crippen LogP) is 0.0224. The van der Waals surface area contributed by atoms with Gasteiger partial charge in [-0.25, -0.2) is 13.4 Å². The first-order valence-electron chi connectivity index (χ1n) is 6.25. The molecule has 7 nitrogen and oxygen atoms in total. The summed E-state index contributed by atoms with van der Waals surface area (Å²) < 4.78 is 26.6. The highest BCUT2D eigenvalue weighted by Gasteiger charge is 2.44. The van der Waals surface area contributed by atoms with Crippen molar-refractivity contribution in [1.82, 2.24) is 14.6 Å². The highest BCUT2D eigenvalue weighted by atomic mass is 32.2. The number of sulfonamides is 1. The van der Waals surface area contributed by atoms with Crippen molar-refractivity contribution >= 4 is 21.7 Å². The number of hydrogen-bond acceptors (Lipinski definition) is 5. The molecular formula is C12H18N4O3S. The molecule has 1 fully saturated rings. The highest BCUT2D eigenvalue weighted by Crippen LogP contribution is 2.27. The number of amides is 1. The van der Waals surface area contributed by atoms with Crippen LogP contribution in [0.2, 0.25) is 0 Å². The van der Waals surface area contributed by atoms with Crippen LogP contribution in [0.5, 0.6) is 0 Å². The maximum absolute atomic E-state index is 12.7. The second-order valence-electron chi connectivity index (χ2n) is 5.02. The average molecular weight is 298 g/mol. The van der Waals surface area contributed by atoms with Crippen LogP contribution in [0.4, 0.5) is 5.82 Å². The van der Waals surface area contributed by atoms with Gasteiger partial charge >= 0.3 is 0 Å². The van der Waals surface area contributed by atoms with Crippen molar-refractivity contribution in [3.8, 4) is 0 Å². The van der Waals surface area contributed by atoms with Crippen molar-refractivity contribution in [3.05, 3.63) is 18.3 Å². The zero-order chi connectivity index (χ0) is 15.0. The molecule has 1 amide bonds. The van der Waals surface area contributed by atoms with Gasteiger partial charge in [0.15, 0.2) is 0 Å². The zero-order valence-corrected chi connectivity index (χ0v) is 12.5. The Hall–Kier alpha value is -1.67. The molecule has 1 aliphatic heterocycles. The zero-order valence-electron chi connectivity index (χ0n) is 11.7. The van der Waals surface area contributed by atoms with Crippen LogP contribution in [0.1, 0.15) is 13.8 Å². The van der Waals surface area contributed by atoms with Gasteiger partial charge in [-0.3, -0.25) is 4.79 Å². The van der Waals surface area contributed by atoms with Crippen molar-refractivity contribution in [2.45, 2.75) is 24.3 Å². The third kappa shape index (κ3) is 2.36. The van der Waals surface area contributed by atoms with E-state index in [0.717, 1.165) is 0 Å². The third-order valence-electron chi connectivity index (χ3n) is 3.36. The molecule has 0 saturated carbocycles. The number of pyridine rings is 1. The van der Waals surface area contributed by atoms with Gasteiger partial charge in [0.05, 0.1) is 4.90 Å². The molecule has 0 aromatic carbocycles. The minimum absolute atomic E-state index is 0.125. The fourth-order valence-corrected chi connectivity index (χ4v) is 3.90. The van der Waals surface area contributed by atoms with Crippen LogP contribution in [-0.2, 0) is 14.8 Å². The standard InChI is InChI=1S/C12H18N4O3S/c1-12(2)11(17)15-6-7-16(12)20(18,19)9-4-5-14-10(8-9)13-3/h4-5,8H,6-7H2,1-3H3,(H,13,14)(H,15,17). The number of anilines is 1. The van der Waals surface area contributed by atoms with Gasteiger partial charge < -0.3 is 10.6 Å². The molecule has 2 N–H and O–H groups in total. The Morgan fingerprint density at radius 2 is 2.15 bits per heavy atom. The Kier molecular flexibility index (Phi) is 3.70. The number of aromatic nitrogens is 1. The molecule has 0 radical (unpaired) electrons. The molecule has 8 heteroatoms. The normalized spacial score (nSPS) is 19.4. The topological polar surface area (TPSA) is 91.4 Å². The molecule has 0 atom stereocenters. The first kappa shape index (κ1) is 14.7. The van der Waals surface area contributed by atoms with E-state index in [0.29, 0.717) is 12.4 Å². The lowest BCUT2D eigenvalue weighted by Crippen LogP contribution is -2.63. The monoisotopic (exact) mass is 298 g/mol. The lowest BCUT2D eigenvalue weighted by atomic mass is 10.0. The summed E-state index contributed by atoms with van der Waals surface area (Å²) in [5.74, 6) is 0.167. The van der Waals surface area contributed by atoms with Gasteiger partial charge in [-0.1, -0.05) is 0 Å². The van der Waals surface area contributed by atoms with E-state index in [1.807, 2.05) is 0 Å². The van der Waals surface area contributed by atoms with E-state index in [9.17, 15) is 13.2 Å². The molecule has 1 aromatic rings. The van der Waals surface area contributed by atoms with E-state index in [-0.39, 0.29) is 17.3 Å². The van der Waals surface area contributed by atoms with E-state index in [1.165, 1.54) is 22.6 Å². The number of carbonyl (C=O) groups is 1. The Labute approximate surface area is 118 Å². The van der Waals surface area contributed by atoms with Crippen molar-refractivity contribution in [2.24, 2.45) is 0 Å². The molecule has 1 aromatic heterocycles. The Bertz CT molecular complexity index is 627. The van der Waals surface area contributed by atoms with Crippen LogP contribution in [0.3, 0.4) is 0 Å². The molecular weight excluding hydrogens is 280 g/mol. The first-order chi connectivity index (χ1) is 9.30. The lowest BCUT2D eigenvalue weighted by Gasteiger charge is -2.39. The smallest absolute Gasteiger partial charge is 0.244 e. The van der Waals surface area contributed by atoms with Crippen LogP contribution in [0.25, 0.3) is 0 Å². The van der Waals surface area contributed by atoms with E-state index < -0.39 is 15.6 Å². The molecule has 0 aliphatic carbocycles. The molecule has 110 valence electrons. The predicted molar refractivity (Wildman–Crippen MR) is 74.8 cm³/mol. The van der Waals surface area contributed by atoms with Gasteiger partial charge in [-0.15, -0.1) is 0 Å². The molecule has 0 bridgehead atoms. The molecule has 1 aliphatic rings. The van der Waals surface area contributed by atoms with E-state index in [2.05, 4.69) is 15.6 Å². The Morgan fingerprint density at radius 3 is 2.80 bits per heavy atom. The fraction of sp³-hybridized carbons (Fsp3) is 0.500. The highest BCUT2D eigenvalue weighted by molar-refractivity contribution is 7.89. The van der Waals surface area contributed by atoms with Crippen molar-refractivity contribution in [1.29, 1.82) is 0 Å². The largest absolute Gasteiger partial charge is 0.373 e. The Balaban J connectivity index is 2.46. The van der Waals surface area contributed by atoms with Gasteiger partial charge in [0.1, 0.15) is 11.4 Å². The second kappa shape index (κ2) is 5.02. The summed E-state index contributed by atoms with van der Waals surface area (Å²) in [5.41, 5.74) is -1.11. The number of nitrogens with zero attached hydrogens (tertiary/aromatic N) is 2. The fourth-order valence-electron chi connectivity index (χ4n) is 2.14. The van der Waals surface area contributed by atoms with Gasteiger partial charge in [0.25, 0.3) is 0 Å². The minimum atomic E-state index is -3.74. The number of carbonyl (C=O) groups excluding carboxylic acids is 1. The van der Waals surface area contributed by atoms with Crippen LogP contribution in [0, 0.1) is 0 Å². The van der Waals surface area contributed by atoms with Gasteiger partial charge in [-0.05, 0) is 19.9 Å². The quantitative estimate of drug-likeness (QED) is 0.821. The molecule has 20 heavy (non-hydrogen) atoms. The van der Waals surface area contributed by atoms with Crippen molar-refractivity contribution in [3.63, 3.8) is 0 Å². The van der Waals surface area contributed by atoms with Gasteiger partial charge in [0.2, 0.25) is 15.9 Å². The SMILES string of the molecule is CNc1cc(S(=O)(=O)N2CCNC(=O)C2(C)C)ccn1. The lowest BCUT2D eigenvalue weighted by molar-refractivity contribution is -0.131. The maximum Gasteiger partial charge on any atom is 0.244 e. The Morgan fingerprint density at radius 1 is 1.45 bits per heavy atom. The number of piperazine rings is 1. The maximum atomic E-state index is 12.7. The molecule has 0 unspecified atom stereocenters. The summed E-state index contributed by atoms with van der Waals surface area (Å²) in [6.45, 7) is 3.75. The van der Waals surface area contributed by atoms with E-state index in [4.69, 9.17) is 0 Å². The van der Waals surface area contributed by atoms with Gasteiger partial charge in [-0.2, -0.15) is 4.31 Å². The van der Waals surface area contributed by atoms with Crippen LogP contribution >= 0.6 is 0 Å². The minimum Gasteiger partial charge on any atom is -0.373 e. The van der Waals surface area contributed by atoms with Crippen LogP contribution in [0.15, 0.2) is 23.2 Å². The second-order valence-corrected chi connectivity index (χ2v) is 6.88. The number of nitrogens with one attached hydrogen (secondary N) is 2. The summed E-state index contributed by atoms with van der Waals surface area (Å²) >= 11 is 0. The summed E-state index contributed by atoms with van der Waals surface area (Å²) in [5, 5.41) is 5.48. The van der Waals surface area contributed by atoms with Crippen LogP contribution in [-0.4, -0.2) is 49.3 Å². The van der Waals surface area contributed by atoms with Gasteiger partial charge in [0, 0.05) is 32.4 Å².